The number of amides is 1. The van der Waals surface area contributed by atoms with Crippen LogP contribution in [0.5, 0.6) is 0 Å². The first-order valence-corrected chi connectivity index (χ1v) is 6.06. The highest BCUT2D eigenvalue weighted by Crippen LogP contribution is 2.22. The molecule has 0 spiro atoms. The van der Waals surface area contributed by atoms with E-state index >= 15 is 0 Å². The number of carbonyl (C=O) groups is 1. The molecule has 0 aliphatic rings. The van der Waals surface area contributed by atoms with Crippen LogP contribution >= 0.6 is 12.4 Å². The zero-order valence-electron chi connectivity index (χ0n) is 11.3. The van der Waals surface area contributed by atoms with Gasteiger partial charge in [-0.2, -0.15) is 0 Å². The number of halogens is 1. The van der Waals surface area contributed by atoms with Crippen LogP contribution in [-0.2, 0) is 16.6 Å². The smallest absolute Gasteiger partial charge is 0.233 e. The number of nitrogens with two attached hydrogens (primary N) is 1. The van der Waals surface area contributed by atoms with Crippen LogP contribution in [0.2, 0.25) is 0 Å². The molecule has 0 saturated heterocycles. The summed E-state index contributed by atoms with van der Waals surface area (Å²) in [4.78, 5) is 11.2. The molecule has 3 N–H and O–H groups in total. The molecule has 102 valence electrons. The Hall–Kier alpha value is -1.06. The zero-order valence-corrected chi connectivity index (χ0v) is 12.1. The Labute approximate surface area is 116 Å². The van der Waals surface area contributed by atoms with Gasteiger partial charge in [-0.1, -0.05) is 45.0 Å². The molecule has 0 aliphatic heterocycles. The van der Waals surface area contributed by atoms with E-state index in [0.717, 1.165) is 6.42 Å². The van der Waals surface area contributed by atoms with E-state index in [9.17, 15) is 4.79 Å². The Balaban J connectivity index is 0.00000289. The first-order chi connectivity index (χ1) is 7.99. The van der Waals surface area contributed by atoms with E-state index in [-0.39, 0.29) is 30.3 Å². The summed E-state index contributed by atoms with van der Waals surface area (Å²) in [7, 11) is 0. The third-order valence-corrected chi connectivity index (χ3v) is 3.06. The minimum absolute atomic E-state index is 0. The molecule has 18 heavy (non-hydrogen) atoms. The van der Waals surface area contributed by atoms with Crippen molar-refractivity contribution in [2.45, 2.75) is 32.6 Å². The van der Waals surface area contributed by atoms with E-state index in [1.54, 1.807) is 0 Å². The van der Waals surface area contributed by atoms with Crippen molar-refractivity contribution in [1.29, 1.82) is 0 Å². The third kappa shape index (κ3) is 4.67. The van der Waals surface area contributed by atoms with Crippen molar-refractivity contribution in [2.75, 3.05) is 13.1 Å². The van der Waals surface area contributed by atoms with Crippen molar-refractivity contribution in [1.82, 2.24) is 5.32 Å². The average molecular weight is 271 g/mol. The first-order valence-electron chi connectivity index (χ1n) is 6.06. The van der Waals surface area contributed by atoms with Crippen LogP contribution in [0, 0.1) is 0 Å². The second-order valence-corrected chi connectivity index (χ2v) is 4.92. The van der Waals surface area contributed by atoms with E-state index in [2.05, 4.69) is 50.4 Å². The van der Waals surface area contributed by atoms with Gasteiger partial charge in [-0.15, -0.1) is 12.4 Å². The molecule has 1 amide bonds. The van der Waals surface area contributed by atoms with Gasteiger partial charge in [0.1, 0.15) is 0 Å². The minimum Gasteiger partial charge on any atom is -0.354 e. The third-order valence-electron chi connectivity index (χ3n) is 3.06. The zero-order chi connectivity index (χ0) is 12.9. The highest BCUT2D eigenvalue weighted by atomic mass is 35.5. The van der Waals surface area contributed by atoms with Crippen molar-refractivity contribution in [3.63, 3.8) is 0 Å². The number of carbonyl (C=O) groups excluding carboxylic acids is 1. The Bertz CT molecular complexity index is 374. The average Bonchev–Trinajstić information content (AvgIpc) is 2.36. The van der Waals surface area contributed by atoms with Crippen LogP contribution in [0.4, 0.5) is 0 Å². The van der Waals surface area contributed by atoms with Gasteiger partial charge in [0, 0.05) is 12.0 Å². The minimum atomic E-state index is -0.108. The molecular formula is C14H23ClN2O. The molecule has 0 unspecified atom stereocenters. The molecule has 3 nitrogen and oxygen atoms in total. The molecule has 0 aliphatic carbocycles. The summed E-state index contributed by atoms with van der Waals surface area (Å²) in [6.07, 6.45) is 1.05. The first kappa shape index (κ1) is 16.9. The standard InChI is InChI=1S/C14H22N2O.ClH/c1-4-11-5-7-12(8-6-11)14(2,3)10-16-13(17)9-15;/h5-8H,4,9-10,15H2,1-3H3,(H,16,17);1H. The Morgan fingerprint density at radius 2 is 1.83 bits per heavy atom. The summed E-state index contributed by atoms with van der Waals surface area (Å²) in [6.45, 7) is 7.02. The predicted molar refractivity (Wildman–Crippen MR) is 78.2 cm³/mol. The molecule has 1 aromatic rings. The predicted octanol–water partition coefficient (Wildman–Crippen LogP) is 2.02. The number of benzene rings is 1. The quantitative estimate of drug-likeness (QED) is 0.860. The van der Waals surface area contributed by atoms with Crippen LogP contribution in [0.1, 0.15) is 31.9 Å². The van der Waals surface area contributed by atoms with Gasteiger partial charge in [0.15, 0.2) is 0 Å². The Morgan fingerprint density at radius 3 is 2.28 bits per heavy atom. The number of hydrogen-bond donors (Lipinski definition) is 2. The van der Waals surface area contributed by atoms with Crippen molar-refractivity contribution in [3.05, 3.63) is 35.4 Å². The highest BCUT2D eigenvalue weighted by Gasteiger charge is 2.20. The molecule has 0 fully saturated rings. The van der Waals surface area contributed by atoms with Crippen LogP contribution in [0.25, 0.3) is 0 Å². The summed E-state index contributed by atoms with van der Waals surface area (Å²) in [5.41, 5.74) is 7.75. The van der Waals surface area contributed by atoms with E-state index in [0.29, 0.717) is 6.54 Å². The summed E-state index contributed by atoms with van der Waals surface area (Å²) in [5, 5.41) is 2.84. The van der Waals surface area contributed by atoms with Gasteiger partial charge < -0.3 is 11.1 Å². The SMILES string of the molecule is CCc1ccc(C(C)(C)CNC(=O)CN)cc1.Cl. The largest absolute Gasteiger partial charge is 0.354 e. The van der Waals surface area contributed by atoms with Gasteiger partial charge in [0.05, 0.1) is 6.54 Å². The second-order valence-electron chi connectivity index (χ2n) is 4.92. The van der Waals surface area contributed by atoms with Crippen molar-refractivity contribution < 1.29 is 4.79 Å². The summed E-state index contributed by atoms with van der Waals surface area (Å²) in [5.74, 6) is -0.108. The van der Waals surface area contributed by atoms with Crippen molar-refractivity contribution in [2.24, 2.45) is 5.73 Å². The molecule has 1 aromatic carbocycles. The normalized spacial score (nSPS) is 10.7. The van der Waals surface area contributed by atoms with Crippen LogP contribution in [0.3, 0.4) is 0 Å². The van der Waals surface area contributed by atoms with E-state index in [4.69, 9.17) is 5.73 Å². The molecule has 0 saturated carbocycles. The monoisotopic (exact) mass is 270 g/mol. The molecule has 0 atom stereocenters. The highest BCUT2D eigenvalue weighted by molar-refractivity contribution is 5.85. The molecule has 0 radical (unpaired) electrons. The van der Waals surface area contributed by atoms with Gasteiger partial charge in [0.2, 0.25) is 5.91 Å². The maximum Gasteiger partial charge on any atom is 0.233 e. The van der Waals surface area contributed by atoms with Crippen LogP contribution in [0.15, 0.2) is 24.3 Å². The lowest BCUT2D eigenvalue weighted by molar-refractivity contribution is -0.119. The second kappa shape index (κ2) is 7.39. The number of hydrogen-bond acceptors (Lipinski definition) is 2. The molecule has 4 heteroatoms. The Morgan fingerprint density at radius 1 is 1.28 bits per heavy atom. The van der Waals surface area contributed by atoms with Gasteiger partial charge in [-0.25, -0.2) is 0 Å². The van der Waals surface area contributed by atoms with E-state index in [1.807, 2.05) is 0 Å². The van der Waals surface area contributed by atoms with Gasteiger partial charge in [0.25, 0.3) is 0 Å². The molecule has 0 heterocycles. The molecule has 1 rings (SSSR count). The molecular weight excluding hydrogens is 248 g/mol. The van der Waals surface area contributed by atoms with Crippen molar-refractivity contribution in [3.8, 4) is 0 Å². The number of nitrogens with one attached hydrogen (secondary N) is 1. The van der Waals surface area contributed by atoms with E-state index in [1.165, 1.54) is 11.1 Å². The fourth-order valence-electron chi connectivity index (χ4n) is 1.69. The van der Waals surface area contributed by atoms with Gasteiger partial charge in [-0.3, -0.25) is 4.79 Å². The topological polar surface area (TPSA) is 55.1 Å². The lowest BCUT2D eigenvalue weighted by Gasteiger charge is -2.25. The fourth-order valence-corrected chi connectivity index (χ4v) is 1.69. The van der Waals surface area contributed by atoms with E-state index < -0.39 is 0 Å². The lowest BCUT2D eigenvalue weighted by atomic mass is 9.84. The number of rotatable bonds is 5. The summed E-state index contributed by atoms with van der Waals surface area (Å²) in [6, 6.07) is 8.55. The van der Waals surface area contributed by atoms with Crippen molar-refractivity contribution >= 4 is 18.3 Å². The molecule has 0 bridgehead atoms. The summed E-state index contributed by atoms with van der Waals surface area (Å²) < 4.78 is 0. The maximum atomic E-state index is 11.2. The van der Waals surface area contributed by atoms with Crippen LogP contribution < -0.4 is 11.1 Å². The van der Waals surface area contributed by atoms with Crippen LogP contribution in [-0.4, -0.2) is 19.0 Å². The molecule has 0 aromatic heterocycles. The number of aryl methyl sites for hydroxylation is 1. The van der Waals surface area contributed by atoms with Gasteiger partial charge in [-0.05, 0) is 17.5 Å². The fraction of sp³-hybridized carbons (Fsp3) is 0.500. The lowest BCUT2D eigenvalue weighted by Crippen LogP contribution is -2.39. The maximum absolute atomic E-state index is 11.2. The Kier molecular flexibility index (Phi) is 6.96. The van der Waals surface area contributed by atoms with Gasteiger partial charge >= 0.3 is 0 Å². The summed E-state index contributed by atoms with van der Waals surface area (Å²) >= 11 is 0.